The quantitative estimate of drug-likeness (QED) is 0.688. The van der Waals surface area contributed by atoms with Gasteiger partial charge >= 0.3 is 0 Å². The van der Waals surface area contributed by atoms with Gasteiger partial charge in [-0.2, -0.15) is 0 Å². The maximum absolute atomic E-state index is 12.2. The second-order valence-electron chi connectivity index (χ2n) is 6.96. The van der Waals surface area contributed by atoms with Crippen molar-refractivity contribution in [3.8, 4) is 0 Å². The van der Waals surface area contributed by atoms with Crippen LogP contribution in [0.3, 0.4) is 0 Å². The van der Waals surface area contributed by atoms with Crippen LogP contribution in [-0.4, -0.2) is 73.4 Å². The van der Waals surface area contributed by atoms with E-state index in [1.165, 1.54) is 6.07 Å². The summed E-state index contributed by atoms with van der Waals surface area (Å²) >= 11 is 6.13. The van der Waals surface area contributed by atoms with Crippen LogP contribution in [0.15, 0.2) is 18.2 Å². The maximum atomic E-state index is 12.2. The molecule has 1 aromatic carbocycles. The molecule has 0 atom stereocenters. The number of hydrogen-bond donors (Lipinski definition) is 2. The van der Waals surface area contributed by atoms with E-state index in [1.54, 1.807) is 12.1 Å². The summed E-state index contributed by atoms with van der Waals surface area (Å²) in [5.74, 6) is -0.608. The molecule has 2 saturated heterocycles. The summed E-state index contributed by atoms with van der Waals surface area (Å²) in [6.45, 7) is 2.76. The van der Waals surface area contributed by atoms with Crippen LogP contribution >= 0.6 is 11.6 Å². The fourth-order valence-corrected chi connectivity index (χ4v) is 3.81. The molecule has 2 N–H and O–H groups in total. The zero-order chi connectivity index (χ0) is 19.4. The minimum atomic E-state index is -2.60. The number of halogens is 3. The van der Waals surface area contributed by atoms with Crippen LogP contribution in [0.25, 0.3) is 0 Å². The number of hydrogen-bond acceptors (Lipinski definition) is 4. The Labute approximate surface area is 161 Å². The van der Waals surface area contributed by atoms with E-state index >= 15 is 0 Å². The molecule has 2 aliphatic heterocycles. The van der Waals surface area contributed by atoms with Gasteiger partial charge in [-0.1, -0.05) is 11.6 Å². The number of nitrogens with one attached hydrogen (secondary N) is 2. The molecule has 0 aromatic heterocycles. The summed E-state index contributed by atoms with van der Waals surface area (Å²) in [5, 5.41) is 5.75. The first-order valence-corrected chi connectivity index (χ1v) is 9.40. The van der Waals surface area contributed by atoms with Crippen molar-refractivity contribution < 1.29 is 18.4 Å². The first kappa shape index (κ1) is 19.8. The molecule has 2 heterocycles. The van der Waals surface area contributed by atoms with Crippen molar-refractivity contribution in [2.45, 2.75) is 31.4 Å². The Balaban J connectivity index is 1.46. The van der Waals surface area contributed by atoms with Crippen molar-refractivity contribution in [2.24, 2.45) is 0 Å². The Morgan fingerprint density at radius 1 is 1.30 bits per heavy atom. The lowest BCUT2D eigenvalue weighted by Crippen LogP contribution is -2.60. The first-order chi connectivity index (χ1) is 13.0. The molecule has 2 fully saturated rings. The number of rotatable bonds is 7. The Morgan fingerprint density at radius 2 is 2.00 bits per heavy atom. The molecule has 6 nitrogen and oxygen atoms in total. The lowest BCUT2D eigenvalue weighted by atomic mass is 9.97. The molecule has 0 spiro atoms. The molecule has 0 saturated carbocycles. The van der Waals surface area contributed by atoms with Gasteiger partial charge in [0, 0.05) is 37.9 Å². The molecular formula is C18H23ClF2N4O2. The van der Waals surface area contributed by atoms with E-state index in [0.717, 1.165) is 51.1 Å². The first-order valence-electron chi connectivity index (χ1n) is 9.02. The molecule has 148 valence electrons. The molecule has 1 aromatic rings. The number of nitrogens with zero attached hydrogens (tertiary/aromatic N) is 2. The van der Waals surface area contributed by atoms with Crippen molar-refractivity contribution in [2.75, 3.05) is 38.0 Å². The van der Waals surface area contributed by atoms with Crippen LogP contribution in [-0.2, 0) is 4.79 Å². The third-order valence-corrected chi connectivity index (χ3v) is 5.39. The summed E-state index contributed by atoms with van der Waals surface area (Å²) in [4.78, 5) is 26.8. The van der Waals surface area contributed by atoms with E-state index in [1.807, 2.05) is 4.90 Å². The highest BCUT2D eigenvalue weighted by Gasteiger charge is 2.33. The Morgan fingerprint density at radius 3 is 2.59 bits per heavy atom. The number of carbonyl (C=O) groups excluding carboxylic acids is 2. The average molecular weight is 401 g/mol. The van der Waals surface area contributed by atoms with Crippen LogP contribution in [0.2, 0.25) is 5.02 Å². The van der Waals surface area contributed by atoms with Gasteiger partial charge in [-0.05, 0) is 31.0 Å². The molecule has 2 aliphatic rings. The smallest absolute Gasteiger partial charge is 0.255 e. The summed E-state index contributed by atoms with van der Waals surface area (Å²) < 4.78 is 24.4. The van der Waals surface area contributed by atoms with E-state index in [2.05, 4.69) is 15.5 Å². The maximum Gasteiger partial charge on any atom is 0.255 e. The van der Waals surface area contributed by atoms with E-state index in [-0.39, 0.29) is 10.6 Å². The fourth-order valence-electron chi connectivity index (χ4n) is 3.55. The van der Waals surface area contributed by atoms with Crippen molar-refractivity contribution in [3.05, 3.63) is 28.8 Å². The Bertz CT molecular complexity index is 677. The van der Waals surface area contributed by atoms with Gasteiger partial charge in [-0.25, -0.2) is 8.78 Å². The molecule has 2 amide bonds. The highest BCUT2D eigenvalue weighted by molar-refractivity contribution is 6.34. The highest BCUT2D eigenvalue weighted by atomic mass is 35.5. The standard InChI is InChI=1S/C18H23ClF2N4O2/c19-16-7-12(1-2-15(16)18(27)22-8-17(20)21)23-13-9-25(10-13)14-3-5-24(11-26)6-4-14/h1-2,7,11,13-14,17,23H,3-6,8-10H2,(H,22,27). The van der Waals surface area contributed by atoms with E-state index in [0.29, 0.717) is 12.1 Å². The monoisotopic (exact) mass is 400 g/mol. The predicted octanol–water partition coefficient (Wildman–Crippen LogP) is 2.05. The van der Waals surface area contributed by atoms with Gasteiger partial charge < -0.3 is 15.5 Å². The summed E-state index contributed by atoms with van der Waals surface area (Å²) in [5.41, 5.74) is 0.978. The molecule has 0 radical (unpaired) electrons. The van der Waals surface area contributed by atoms with Gasteiger partial charge in [0.25, 0.3) is 12.3 Å². The SMILES string of the molecule is O=CN1CCC(N2CC(Nc3ccc(C(=O)NCC(F)F)c(Cl)c3)C2)CC1. The lowest BCUT2D eigenvalue weighted by molar-refractivity contribution is -0.119. The zero-order valence-corrected chi connectivity index (χ0v) is 15.6. The van der Waals surface area contributed by atoms with Crippen molar-refractivity contribution in [3.63, 3.8) is 0 Å². The van der Waals surface area contributed by atoms with Gasteiger partial charge in [0.05, 0.1) is 23.2 Å². The van der Waals surface area contributed by atoms with Crippen molar-refractivity contribution in [1.82, 2.24) is 15.1 Å². The largest absolute Gasteiger partial charge is 0.380 e. The molecule has 0 aliphatic carbocycles. The lowest BCUT2D eigenvalue weighted by Gasteiger charge is -2.47. The third kappa shape index (κ3) is 5.07. The number of alkyl halides is 2. The van der Waals surface area contributed by atoms with Gasteiger partial charge in [-0.3, -0.25) is 14.5 Å². The van der Waals surface area contributed by atoms with Gasteiger partial charge in [0.1, 0.15) is 0 Å². The topological polar surface area (TPSA) is 64.7 Å². The summed E-state index contributed by atoms with van der Waals surface area (Å²) in [6, 6.07) is 5.72. The molecule has 3 rings (SSSR count). The Hall–Kier alpha value is -1.93. The van der Waals surface area contributed by atoms with Gasteiger partial charge in [0.15, 0.2) is 0 Å². The predicted molar refractivity (Wildman–Crippen MR) is 99.4 cm³/mol. The fraction of sp³-hybridized carbons (Fsp3) is 0.556. The highest BCUT2D eigenvalue weighted by Crippen LogP contribution is 2.26. The zero-order valence-electron chi connectivity index (χ0n) is 14.8. The third-order valence-electron chi connectivity index (χ3n) is 5.08. The normalized spacial score (nSPS) is 19.0. The summed E-state index contributed by atoms with van der Waals surface area (Å²) in [7, 11) is 0. The average Bonchev–Trinajstić information content (AvgIpc) is 2.62. The molecule has 27 heavy (non-hydrogen) atoms. The Kier molecular flexibility index (Phi) is 6.49. The number of amides is 2. The van der Waals surface area contributed by atoms with Crippen LogP contribution in [0.4, 0.5) is 14.5 Å². The van der Waals surface area contributed by atoms with Crippen LogP contribution in [0.1, 0.15) is 23.2 Å². The second-order valence-corrected chi connectivity index (χ2v) is 7.37. The van der Waals surface area contributed by atoms with Crippen LogP contribution in [0, 0.1) is 0 Å². The molecule has 9 heteroatoms. The minimum Gasteiger partial charge on any atom is -0.380 e. The van der Waals surface area contributed by atoms with E-state index < -0.39 is 18.9 Å². The minimum absolute atomic E-state index is 0.181. The number of piperidine rings is 1. The van der Waals surface area contributed by atoms with E-state index in [9.17, 15) is 18.4 Å². The van der Waals surface area contributed by atoms with E-state index in [4.69, 9.17) is 11.6 Å². The van der Waals surface area contributed by atoms with Gasteiger partial charge in [-0.15, -0.1) is 0 Å². The molecule has 0 unspecified atom stereocenters. The number of likely N-dealkylation sites (tertiary alicyclic amines) is 2. The van der Waals surface area contributed by atoms with Crippen molar-refractivity contribution >= 4 is 29.6 Å². The van der Waals surface area contributed by atoms with Crippen LogP contribution in [0.5, 0.6) is 0 Å². The number of benzene rings is 1. The molecular weight excluding hydrogens is 378 g/mol. The van der Waals surface area contributed by atoms with Crippen LogP contribution < -0.4 is 10.6 Å². The number of anilines is 1. The summed E-state index contributed by atoms with van der Waals surface area (Å²) in [6.07, 6.45) is 0.318. The van der Waals surface area contributed by atoms with Crippen molar-refractivity contribution in [1.29, 1.82) is 0 Å². The molecule has 0 bridgehead atoms. The number of carbonyl (C=O) groups is 2. The second kappa shape index (κ2) is 8.84. The van der Waals surface area contributed by atoms with Gasteiger partial charge in [0.2, 0.25) is 6.41 Å².